The van der Waals surface area contributed by atoms with Crippen molar-refractivity contribution in [3.8, 4) is 5.75 Å². The van der Waals surface area contributed by atoms with Crippen LogP contribution in [-0.2, 0) is 23.2 Å². The molecule has 6 nitrogen and oxygen atoms in total. The first kappa shape index (κ1) is 24.0. The van der Waals surface area contributed by atoms with Gasteiger partial charge in [-0.1, -0.05) is 54.2 Å². The maximum absolute atomic E-state index is 14.1. The largest absolute Gasteiger partial charge is 0.496 e. The van der Waals surface area contributed by atoms with Gasteiger partial charge in [0.15, 0.2) is 0 Å². The number of hydrogen-bond donors (Lipinski definition) is 1. The van der Waals surface area contributed by atoms with Gasteiger partial charge in [-0.2, -0.15) is 0 Å². The number of benzene rings is 3. The van der Waals surface area contributed by atoms with Crippen LogP contribution >= 0.6 is 11.8 Å². The standard InChI is InChI=1S/C29H29N3O3S/c1-18-13-14-21(15-19(18)2)32-25(33)17-36-29-26(22-10-6-7-11-23(22)31(29)3)27(32)28(34)30-16-20-9-5-8-12-24(20)35-4/h5-15,27H,16-17H2,1-4H3,(H,30,34)/t27-/m0/s1. The van der Waals surface area contributed by atoms with Crippen molar-refractivity contribution in [3.05, 3.63) is 89.0 Å². The zero-order valence-electron chi connectivity index (χ0n) is 20.9. The molecule has 1 aliphatic heterocycles. The van der Waals surface area contributed by atoms with Crippen molar-refractivity contribution in [1.82, 2.24) is 9.88 Å². The summed E-state index contributed by atoms with van der Waals surface area (Å²) in [4.78, 5) is 29.3. The predicted octanol–water partition coefficient (Wildman–Crippen LogP) is 5.30. The lowest BCUT2D eigenvalue weighted by Gasteiger charge is -2.30. The molecule has 0 saturated carbocycles. The van der Waals surface area contributed by atoms with Crippen molar-refractivity contribution >= 4 is 40.2 Å². The van der Waals surface area contributed by atoms with Crippen molar-refractivity contribution in [2.75, 3.05) is 17.8 Å². The number of thioether (sulfide) groups is 1. The summed E-state index contributed by atoms with van der Waals surface area (Å²) in [6.07, 6.45) is 0. The molecule has 0 radical (unpaired) electrons. The van der Waals surface area contributed by atoms with Gasteiger partial charge in [-0.25, -0.2) is 0 Å². The molecule has 1 aliphatic rings. The number of amides is 2. The number of methoxy groups -OCH3 is 1. The average molecular weight is 500 g/mol. The maximum Gasteiger partial charge on any atom is 0.248 e. The molecule has 0 bridgehead atoms. The van der Waals surface area contributed by atoms with Crippen LogP contribution in [0.15, 0.2) is 71.8 Å². The van der Waals surface area contributed by atoms with Gasteiger partial charge in [0.05, 0.1) is 17.9 Å². The number of hydrogen-bond acceptors (Lipinski definition) is 4. The summed E-state index contributed by atoms with van der Waals surface area (Å²) in [6, 6.07) is 20.8. The van der Waals surface area contributed by atoms with E-state index in [1.807, 2.05) is 81.6 Å². The summed E-state index contributed by atoms with van der Waals surface area (Å²) in [6.45, 7) is 4.36. The fourth-order valence-electron chi connectivity index (χ4n) is 4.86. The third kappa shape index (κ3) is 4.13. The summed E-state index contributed by atoms with van der Waals surface area (Å²) >= 11 is 1.49. The second-order valence-electron chi connectivity index (χ2n) is 9.05. The van der Waals surface area contributed by atoms with Crippen LogP contribution in [0.25, 0.3) is 10.9 Å². The predicted molar refractivity (Wildman–Crippen MR) is 145 cm³/mol. The molecule has 4 aromatic rings. The molecule has 0 saturated heterocycles. The zero-order valence-corrected chi connectivity index (χ0v) is 21.7. The van der Waals surface area contributed by atoms with Crippen LogP contribution in [0.5, 0.6) is 5.75 Å². The number of ether oxygens (including phenoxy) is 1. The van der Waals surface area contributed by atoms with E-state index in [1.54, 1.807) is 12.0 Å². The van der Waals surface area contributed by atoms with E-state index in [0.717, 1.165) is 43.9 Å². The first-order chi connectivity index (χ1) is 17.4. The maximum atomic E-state index is 14.1. The minimum absolute atomic E-state index is 0.0963. The van der Waals surface area contributed by atoms with E-state index in [4.69, 9.17) is 4.74 Å². The smallest absolute Gasteiger partial charge is 0.248 e. The van der Waals surface area contributed by atoms with Crippen LogP contribution in [0.3, 0.4) is 0 Å². The van der Waals surface area contributed by atoms with E-state index < -0.39 is 6.04 Å². The van der Waals surface area contributed by atoms with E-state index in [1.165, 1.54) is 11.8 Å². The summed E-state index contributed by atoms with van der Waals surface area (Å²) in [7, 11) is 3.61. The molecule has 184 valence electrons. The van der Waals surface area contributed by atoms with E-state index in [9.17, 15) is 9.59 Å². The molecule has 1 atom stereocenters. The van der Waals surface area contributed by atoms with Gasteiger partial charge in [-0.3, -0.25) is 14.5 Å². The van der Waals surface area contributed by atoms with Crippen molar-refractivity contribution in [3.63, 3.8) is 0 Å². The Labute approximate surface area is 215 Å². The van der Waals surface area contributed by atoms with Gasteiger partial charge >= 0.3 is 0 Å². The number of carbonyl (C=O) groups is 2. The molecule has 1 N–H and O–H groups in total. The molecular weight excluding hydrogens is 470 g/mol. The fraction of sp³-hybridized carbons (Fsp3) is 0.241. The highest BCUT2D eigenvalue weighted by atomic mass is 32.2. The van der Waals surface area contributed by atoms with Crippen LogP contribution in [0, 0.1) is 13.8 Å². The van der Waals surface area contributed by atoms with E-state index in [2.05, 4.69) is 16.0 Å². The number of carbonyl (C=O) groups excluding carboxylic acids is 2. The van der Waals surface area contributed by atoms with Crippen LogP contribution in [0.1, 0.15) is 28.3 Å². The highest BCUT2D eigenvalue weighted by Crippen LogP contribution is 2.43. The number of nitrogens with one attached hydrogen (secondary N) is 1. The van der Waals surface area contributed by atoms with E-state index in [-0.39, 0.29) is 17.6 Å². The summed E-state index contributed by atoms with van der Waals surface area (Å²) in [5, 5.41) is 5.01. The van der Waals surface area contributed by atoms with Crippen molar-refractivity contribution in [1.29, 1.82) is 0 Å². The van der Waals surface area contributed by atoms with Crippen LogP contribution in [0.2, 0.25) is 0 Å². The Bertz CT molecular complexity index is 1480. The molecular formula is C29H29N3O3S. The van der Waals surface area contributed by atoms with Gasteiger partial charge in [0.25, 0.3) is 0 Å². The van der Waals surface area contributed by atoms with Gasteiger partial charge in [0, 0.05) is 41.3 Å². The second-order valence-corrected chi connectivity index (χ2v) is 10.0. The molecule has 2 heterocycles. The lowest BCUT2D eigenvalue weighted by atomic mass is 10.0. The number of fused-ring (bicyclic) bond motifs is 3. The topological polar surface area (TPSA) is 63.6 Å². The fourth-order valence-corrected chi connectivity index (χ4v) is 5.92. The Morgan fingerprint density at radius 3 is 2.58 bits per heavy atom. The Morgan fingerprint density at radius 1 is 1.06 bits per heavy atom. The molecule has 0 fully saturated rings. The molecule has 0 unspecified atom stereocenters. The summed E-state index contributed by atoms with van der Waals surface area (Å²) < 4.78 is 7.56. The first-order valence-electron chi connectivity index (χ1n) is 11.9. The van der Waals surface area contributed by atoms with Crippen molar-refractivity contribution in [2.45, 2.75) is 31.5 Å². The van der Waals surface area contributed by atoms with Crippen molar-refractivity contribution < 1.29 is 14.3 Å². The van der Waals surface area contributed by atoms with E-state index >= 15 is 0 Å². The Balaban J connectivity index is 1.65. The number of anilines is 1. The molecule has 2 amide bonds. The van der Waals surface area contributed by atoms with Gasteiger partial charge in [-0.15, -0.1) is 0 Å². The molecule has 7 heteroatoms. The number of para-hydroxylation sites is 2. The monoisotopic (exact) mass is 499 g/mol. The summed E-state index contributed by atoms with van der Waals surface area (Å²) in [5.74, 6) is 0.635. The zero-order chi connectivity index (χ0) is 25.4. The Kier molecular flexibility index (Phi) is 6.49. The Hall–Kier alpha value is -3.71. The first-order valence-corrected chi connectivity index (χ1v) is 12.9. The molecule has 3 aromatic carbocycles. The minimum atomic E-state index is -0.814. The third-order valence-corrected chi connectivity index (χ3v) is 8.04. The lowest BCUT2D eigenvalue weighted by Crippen LogP contribution is -2.44. The lowest BCUT2D eigenvalue weighted by molar-refractivity contribution is -0.125. The normalized spacial score (nSPS) is 15.5. The quantitative estimate of drug-likeness (QED) is 0.405. The van der Waals surface area contributed by atoms with Gasteiger partial charge in [-0.05, 0) is 49.2 Å². The van der Waals surface area contributed by atoms with Crippen molar-refractivity contribution in [2.24, 2.45) is 7.05 Å². The molecule has 1 aromatic heterocycles. The number of rotatable bonds is 5. The highest BCUT2D eigenvalue weighted by Gasteiger charge is 2.39. The number of nitrogens with zero attached hydrogens (tertiary/aromatic N) is 2. The Morgan fingerprint density at radius 2 is 1.81 bits per heavy atom. The number of aromatic nitrogens is 1. The SMILES string of the molecule is COc1ccccc1CNC(=O)[C@@H]1c2c(n(C)c3ccccc23)SCC(=O)N1c1ccc(C)c(C)c1. The van der Waals surface area contributed by atoms with Gasteiger partial charge in [0.1, 0.15) is 11.8 Å². The van der Waals surface area contributed by atoms with Gasteiger partial charge < -0.3 is 14.6 Å². The van der Waals surface area contributed by atoms with Crippen LogP contribution < -0.4 is 15.0 Å². The van der Waals surface area contributed by atoms with Crippen LogP contribution in [0.4, 0.5) is 5.69 Å². The van der Waals surface area contributed by atoms with E-state index in [0.29, 0.717) is 12.3 Å². The van der Waals surface area contributed by atoms with Gasteiger partial charge in [0.2, 0.25) is 11.8 Å². The number of aryl methyl sites for hydroxylation is 3. The molecule has 5 rings (SSSR count). The summed E-state index contributed by atoms with van der Waals surface area (Å²) in [5.41, 5.74) is 5.70. The third-order valence-electron chi connectivity index (χ3n) is 6.89. The molecule has 0 aliphatic carbocycles. The molecule has 36 heavy (non-hydrogen) atoms. The second kappa shape index (κ2) is 9.74. The highest BCUT2D eigenvalue weighted by molar-refractivity contribution is 8.00. The minimum Gasteiger partial charge on any atom is -0.496 e. The molecule has 0 spiro atoms. The average Bonchev–Trinajstić information content (AvgIpc) is 3.06. The van der Waals surface area contributed by atoms with Crippen LogP contribution in [-0.4, -0.2) is 29.2 Å².